The van der Waals surface area contributed by atoms with Crippen LogP contribution in [-0.4, -0.2) is 9.97 Å². The average Bonchev–Trinajstić information content (AvgIpc) is 2.04. The van der Waals surface area contributed by atoms with Crippen molar-refractivity contribution >= 4 is 11.0 Å². The van der Waals surface area contributed by atoms with Crippen molar-refractivity contribution in [2.75, 3.05) is 0 Å². The van der Waals surface area contributed by atoms with E-state index in [2.05, 4.69) is 16.0 Å². The van der Waals surface area contributed by atoms with Gasteiger partial charge in [0.25, 0.3) is 0 Å². The average molecular weight is 158 g/mol. The Morgan fingerprint density at radius 1 is 1.17 bits per heavy atom. The largest absolute Gasteiger partial charge is 0.255 e. The number of fused-ring (bicyclic) bond motifs is 1. The standard InChI is InChI=1S/C10H10N2/c1-7-5-9-10(12-6-7)8(2)3-4-11-9/h3-6H,1-2H3. The normalized spacial score (nSPS) is 10.5. The van der Waals surface area contributed by atoms with Crippen molar-refractivity contribution in [3.63, 3.8) is 0 Å². The summed E-state index contributed by atoms with van der Waals surface area (Å²) in [6, 6.07) is 4.03. The third-order valence-electron chi connectivity index (χ3n) is 1.92. The molecule has 2 rings (SSSR count). The van der Waals surface area contributed by atoms with Gasteiger partial charge in [-0.15, -0.1) is 0 Å². The summed E-state index contributed by atoms with van der Waals surface area (Å²) in [5.41, 5.74) is 4.32. The molecule has 0 amide bonds. The molecule has 0 saturated heterocycles. The van der Waals surface area contributed by atoms with Gasteiger partial charge >= 0.3 is 0 Å². The lowest BCUT2D eigenvalue weighted by atomic mass is 10.2. The quantitative estimate of drug-likeness (QED) is 0.587. The van der Waals surface area contributed by atoms with Crippen molar-refractivity contribution in [1.82, 2.24) is 9.97 Å². The van der Waals surface area contributed by atoms with Crippen LogP contribution in [-0.2, 0) is 0 Å². The van der Waals surface area contributed by atoms with E-state index < -0.39 is 0 Å². The molecule has 0 saturated carbocycles. The number of nitrogens with zero attached hydrogens (tertiary/aromatic N) is 2. The monoisotopic (exact) mass is 158 g/mol. The van der Waals surface area contributed by atoms with Crippen molar-refractivity contribution < 1.29 is 0 Å². The Labute approximate surface area is 71.3 Å². The maximum absolute atomic E-state index is 4.32. The molecule has 2 nitrogen and oxygen atoms in total. The van der Waals surface area contributed by atoms with Crippen LogP contribution in [0.25, 0.3) is 11.0 Å². The minimum absolute atomic E-state index is 0.981. The lowest BCUT2D eigenvalue weighted by Crippen LogP contribution is -1.86. The molecular weight excluding hydrogens is 148 g/mol. The molecule has 60 valence electrons. The molecule has 0 unspecified atom stereocenters. The van der Waals surface area contributed by atoms with E-state index in [9.17, 15) is 0 Å². The molecule has 0 aliphatic rings. The topological polar surface area (TPSA) is 25.8 Å². The Kier molecular flexibility index (Phi) is 1.54. The van der Waals surface area contributed by atoms with E-state index in [0.29, 0.717) is 0 Å². The van der Waals surface area contributed by atoms with E-state index in [1.807, 2.05) is 32.3 Å². The van der Waals surface area contributed by atoms with Crippen LogP contribution >= 0.6 is 0 Å². The SMILES string of the molecule is Cc1cnc2c(C)ccnc2c1. The number of pyridine rings is 2. The van der Waals surface area contributed by atoms with Crippen LogP contribution in [0, 0.1) is 13.8 Å². The molecule has 0 N–H and O–H groups in total. The molecule has 0 aliphatic carbocycles. The van der Waals surface area contributed by atoms with Gasteiger partial charge in [-0.2, -0.15) is 0 Å². The summed E-state index contributed by atoms with van der Waals surface area (Å²) in [7, 11) is 0. The number of hydrogen-bond donors (Lipinski definition) is 0. The van der Waals surface area contributed by atoms with Crippen molar-refractivity contribution in [1.29, 1.82) is 0 Å². The van der Waals surface area contributed by atoms with Gasteiger partial charge in [-0.1, -0.05) is 0 Å². The second-order valence-electron chi connectivity index (χ2n) is 3.01. The van der Waals surface area contributed by atoms with E-state index in [-0.39, 0.29) is 0 Å². The summed E-state index contributed by atoms with van der Waals surface area (Å²) in [6.07, 6.45) is 3.69. The minimum Gasteiger partial charge on any atom is -0.255 e. The van der Waals surface area contributed by atoms with Gasteiger partial charge in [-0.05, 0) is 37.1 Å². The summed E-state index contributed by atoms with van der Waals surface area (Å²) in [5, 5.41) is 0. The van der Waals surface area contributed by atoms with Crippen molar-refractivity contribution in [3.8, 4) is 0 Å². The van der Waals surface area contributed by atoms with Crippen molar-refractivity contribution in [2.45, 2.75) is 13.8 Å². The number of rotatable bonds is 0. The van der Waals surface area contributed by atoms with Gasteiger partial charge in [0.05, 0.1) is 11.0 Å². The zero-order chi connectivity index (χ0) is 8.55. The molecule has 12 heavy (non-hydrogen) atoms. The Hall–Kier alpha value is -1.44. The van der Waals surface area contributed by atoms with Gasteiger partial charge in [0.1, 0.15) is 0 Å². The van der Waals surface area contributed by atoms with E-state index in [0.717, 1.165) is 16.6 Å². The van der Waals surface area contributed by atoms with Gasteiger partial charge in [0.2, 0.25) is 0 Å². The Morgan fingerprint density at radius 2 is 2.00 bits per heavy atom. The molecule has 2 aromatic rings. The first-order chi connectivity index (χ1) is 5.77. The number of aromatic nitrogens is 2. The van der Waals surface area contributed by atoms with E-state index >= 15 is 0 Å². The molecule has 0 atom stereocenters. The fraction of sp³-hybridized carbons (Fsp3) is 0.200. The Balaban J connectivity index is 2.86. The van der Waals surface area contributed by atoms with Crippen LogP contribution < -0.4 is 0 Å². The molecule has 2 heterocycles. The fourth-order valence-electron chi connectivity index (χ4n) is 1.26. The second kappa shape index (κ2) is 2.55. The molecule has 2 aromatic heterocycles. The van der Waals surface area contributed by atoms with E-state index in [1.54, 1.807) is 0 Å². The van der Waals surface area contributed by atoms with Gasteiger partial charge in [-0.3, -0.25) is 9.97 Å². The maximum Gasteiger partial charge on any atom is 0.0915 e. The van der Waals surface area contributed by atoms with Crippen LogP contribution in [0.1, 0.15) is 11.1 Å². The highest BCUT2D eigenvalue weighted by atomic mass is 14.7. The third-order valence-corrected chi connectivity index (χ3v) is 1.92. The lowest BCUT2D eigenvalue weighted by Gasteiger charge is -1.99. The van der Waals surface area contributed by atoms with Crippen LogP contribution in [0.2, 0.25) is 0 Å². The van der Waals surface area contributed by atoms with Crippen LogP contribution in [0.5, 0.6) is 0 Å². The molecule has 0 aromatic carbocycles. The first kappa shape index (κ1) is 7.22. The first-order valence-corrected chi connectivity index (χ1v) is 3.95. The first-order valence-electron chi connectivity index (χ1n) is 3.95. The summed E-state index contributed by atoms with van der Waals surface area (Å²) in [5.74, 6) is 0. The van der Waals surface area contributed by atoms with Crippen LogP contribution in [0.15, 0.2) is 24.5 Å². The predicted octanol–water partition coefficient (Wildman–Crippen LogP) is 2.25. The second-order valence-corrected chi connectivity index (χ2v) is 3.01. The summed E-state index contributed by atoms with van der Waals surface area (Å²) >= 11 is 0. The van der Waals surface area contributed by atoms with E-state index in [1.165, 1.54) is 5.56 Å². The third kappa shape index (κ3) is 1.05. The van der Waals surface area contributed by atoms with E-state index in [4.69, 9.17) is 0 Å². The zero-order valence-electron chi connectivity index (χ0n) is 7.20. The predicted molar refractivity (Wildman–Crippen MR) is 49.0 cm³/mol. The Morgan fingerprint density at radius 3 is 2.83 bits per heavy atom. The van der Waals surface area contributed by atoms with Gasteiger partial charge in [0, 0.05) is 12.4 Å². The molecule has 0 radical (unpaired) electrons. The molecule has 0 spiro atoms. The smallest absolute Gasteiger partial charge is 0.0915 e. The Bertz CT molecular complexity index is 421. The number of hydrogen-bond acceptors (Lipinski definition) is 2. The summed E-state index contributed by atoms with van der Waals surface area (Å²) < 4.78 is 0. The number of aryl methyl sites for hydroxylation is 2. The highest BCUT2D eigenvalue weighted by molar-refractivity contribution is 5.77. The minimum atomic E-state index is 0.981. The molecule has 0 aliphatic heterocycles. The van der Waals surface area contributed by atoms with Gasteiger partial charge in [0.15, 0.2) is 0 Å². The zero-order valence-corrected chi connectivity index (χ0v) is 7.20. The summed E-state index contributed by atoms with van der Waals surface area (Å²) in [6.45, 7) is 4.07. The molecule has 2 heteroatoms. The highest BCUT2D eigenvalue weighted by Crippen LogP contribution is 2.13. The van der Waals surface area contributed by atoms with Crippen LogP contribution in [0.3, 0.4) is 0 Å². The molecule has 0 fully saturated rings. The lowest BCUT2D eigenvalue weighted by molar-refractivity contribution is 1.26. The van der Waals surface area contributed by atoms with Gasteiger partial charge in [-0.25, -0.2) is 0 Å². The fourth-order valence-corrected chi connectivity index (χ4v) is 1.26. The van der Waals surface area contributed by atoms with Crippen LogP contribution in [0.4, 0.5) is 0 Å². The van der Waals surface area contributed by atoms with Crippen molar-refractivity contribution in [2.24, 2.45) is 0 Å². The maximum atomic E-state index is 4.32. The molecule has 0 bridgehead atoms. The molecular formula is C10H10N2. The van der Waals surface area contributed by atoms with Crippen molar-refractivity contribution in [3.05, 3.63) is 35.7 Å². The van der Waals surface area contributed by atoms with Gasteiger partial charge < -0.3 is 0 Å². The highest BCUT2D eigenvalue weighted by Gasteiger charge is 1.97. The summed E-state index contributed by atoms with van der Waals surface area (Å²) in [4.78, 5) is 8.56.